The van der Waals surface area contributed by atoms with E-state index in [1.54, 1.807) is 7.11 Å². The molecule has 0 N–H and O–H groups in total. The summed E-state index contributed by atoms with van der Waals surface area (Å²) in [4.78, 5) is 4.65. The number of anilines is 1. The average molecular weight is 407 g/mol. The highest BCUT2D eigenvalue weighted by molar-refractivity contribution is 5.53. The standard InChI is InChI=1S/C25H30N2O3/c1-28-25-6-4-5-21(19-25)20-30-24-11-15-27(16-12-24)22-7-9-23(10-8-22)29-18-17-26-13-2-3-14-26/h4-12,15,19H,2-3,13-14,16-18,20H2,1H3. The summed E-state index contributed by atoms with van der Waals surface area (Å²) in [5.41, 5.74) is 2.23. The summed E-state index contributed by atoms with van der Waals surface area (Å²) in [5, 5.41) is 0. The Balaban J connectivity index is 1.23. The molecule has 2 aromatic rings. The van der Waals surface area contributed by atoms with E-state index in [-0.39, 0.29) is 0 Å². The Bertz CT molecular complexity index is 870. The zero-order valence-electron chi connectivity index (χ0n) is 17.6. The smallest absolute Gasteiger partial charge is 0.119 e. The van der Waals surface area contributed by atoms with Crippen LogP contribution >= 0.6 is 0 Å². The van der Waals surface area contributed by atoms with Gasteiger partial charge in [0.05, 0.1) is 7.11 Å². The molecule has 2 aromatic carbocycles. The summed E-state index contributed by atoms with van der Waals surface area (Å²) < 4.78 is 17.1. The van der Waals surface area contributed by atoms with Crippen molar-refractivity contribution < 1.29 is 14.2 Å². The second-order valence-corrected chi connectivity index (χ2v) is 7.61. The molecular weight excluding hydrogens is 376 g/mol. The Morgan fingerprint density at radius 1 is 0.933 bits per heavy atom. The Hall–Kier alpha value is -2.92. The van der Waals surface area contributed by atoms with Crippen molar-refractivity contribution in [2.24, 2.45) is 0 Å². The van der Waals surface area contributed by atoms with Crippen LogP contribution in [0, 0.1) is 0 Å². The predicted molar refractivity (Wildman–Crippen MR) is 120 cm³/mol. The molecule has 1 fully saturated rings. The molecule has 0 unspecified atom stereocenters. The van der Waals surface area contributed by atoms with Gasteiger partial charge in [0.15, 0.2) is 0 Å². The number of nitrogens with zero attached hydrogens (tertiary/aromatic N) is 2. The Morgan fingerprint density at radius 2 is 1.77 bits per heavy atom. The normalized spacial score (nSPS) is 16.4. The van der Waals surface area contributed by atoms with Gasteiger partial charge < -0.3 is 19.1 Å². The van der Waals surface area contributed by atoms with Gasteiger partial charge in [-0.15, -0.1) is 0 Å². The van der Waals surface area contributed by atoms with E-state index in [0.717, 1.165) is 48.2 Å². The van der Waals surface area contributed by atoms with E-state index < -0.39 is 0 Å². The first-order valence-electron chi connectivity index (χ1n) is 10.7. The van der Waals surface area contributed by atoms with Crippen molar-refractivity contribution >= 4 is 5.69 Å². The van der Waals surface area contributed by atoms with Gasteiger partial charge in [-0.1, -0.05) is 12.1 Å². The molecule has 2 aliphatic rings. The third kappa shape index (κ3) is 5.57. The van der Waals surface area contributed by atoms with Crippen molar-refractivity contribution in [3.63, 3.8) is 0 Å². The van der Waals surface area contributed by atoms with Gasteiger partial charge in [-0.05, 0) is 80.0 Å². The fourth-order valence-corrected chi connectivity index (χ4v) is 3.74. The zero-order chi connectivity index (χ0) is 20.6. The Labute approximate surface area is 179 Å². The predicted octanol–water partition coefficient (Wildman–Crippen LogP) is 4.60. The SMILES string of the molecule is COc1cccc(COC2=CCN(c3ccc(OCCN4CCCC4)cc3)C=C2)c1. The minimum atomic E-state index is 0.525. The molecular formula is C25H30N2O3. The number of likely N-dealkylation sites (tertiary alicyclic amines) is 1. The molecule has 5 heteroatoms. The maximum atomic E-state index is 5.93. The number of hydrogen-bond donors (Lipinski definition) is 0. The Kier molecular flexibility index (Phi) is 6.93. The van der Waals surface area contributed by atoms with Crippen LogP contribution in [-0.2, 0) is 11.3 Å². The first kappa shape index (κ1) is 20.4. The molecule has 0 spiro atoms. The molecule has 0 aromatic heterocycles. The second kappa shape index (κ2) is 10.2. The van der Waals surface area contributed by atoms with Crippen LogP contribution in [0.25, 0.3) is 0 Å². The highest BCUT2D eigenvalue weighted by Crippen LogP contribution is 2.23. The number of methoxy groups -OCH3 is 1. The van der Waals surface area contributed by atoms with Crippen LogP contribution in [0.1, 0.15) is 18.4 Å². The lowest BCUT2D eigenvalue weighted by Crippen LogP contribution is -2.25. The number of rotatable bonds is 9. The highest BCUT2D eigenvalue weighted by Gasteiger charge is 2.11. The van der Waals surface area contributed by atoms with Gasteiger partial charge in [0.25, 0.3) is 0 Å². The topological polar surface area (TPSA) is 34.2 Å². The molecule has 0 atom stereocenters. The molecule has 0 amide bonds. The van der Waals surface area contributed by atoms with E-state index in [1.165, 1.54) is 25.9 Å². The number of hydrogen-bond acceptors (Lipinski definition) is 5. The van der Waals surface area contributed by atoms with Crippen molar-refractivity contribution in [1.82, 2.24) is 4.90 Å². The molecule has 0 radical (unpaired) electrons. The maximum absolute atomic E-state index is 5.93. The number of ether oxygens (including phenoxy) is 3. The molecule has 0 aliphatic carbocycles. The van der Waals surface area contributed by atoms with Gasteiger partial charge in [0.2, 0.25) is 0 Å². The molecule has 0 bridgehead atoms. The van der Waals surface area contributed by atoms with Gasteiger partial charge in [-0.25, -0.2) is 0 Å². The van der Waals surface area contributed by atoms with Gasteiger partial charge in [-0.3, -0.25) is 4.90 Å². The largest absolute Gasteiger partial charge is 0.497 e. The third-order valence-corrected chi connectivity index (χ3v) is 5.49. The van der Waals surface area contributed by atoms with Crippen LogP contribution in [-0.4, -0.2) is 44.8 Å². The Morgan fingerprint density at radius 3 is 2.50 bits per heavy atom. The van der Waals surface area contributed by atoms with E-state index in [9.17, 15) is 0 Å². The average Bonchev–Trinajstić information content (AvgIpc) is 3.32. The van der Waals surface area contributed by atoms with Crippen LogP contribution in [0.15, 0.2) is 72.6 Å². The summed E-state index contributed by atoms with van der Waals surface area (Å²) in [6, 6.07) is 16.2. The minimum Gasteiger partial charge on any atom is -0.497 e. The van der Waals surface area contributed by atoms with Crippen LogP contribution < -0.4 is 14.4 Å². The highest BCUT2D eigenvalue weighted by atomic mass is 16.5. The van der Waals surface area contributed by atoms with E-state index in [4.69, 9.17) is 14.2 Å². The monoisotopic (exact) mass is 406 g/mol. The van der Waals surface area contributed by atoms with Gasteiger partial charge in [-0.2, -0.15) is 0 Å². The van der Waals surface area contributed by atoms with E-state index in [0.29, 0.717) is 6.61 Å². The summed E-state index contributed by atoms with van der Waals surface area (Å²) in [5.74, 6) is 2.66. The lowest BCUT2D eigenvalue weighted by Gasteiger charge is -2.23. The van der Waals surface area contributed by atoms with Crippen LogP contribution in [0.5, 0.6) is 11.5 Å². The second-order valence-electron chi connectivity index (χ2n) is 7.61. The van der Waals surface area contributed by atoms with Crippen molar-refractivity contribution in [3.8, 4) is 11.5 Å². The minimum absolute atomic E-state index is 0.525. The molecule has 0 saturated carbocycles. The maximum Gasteiger partial charge on any atom is 0.119 e. The van der Waals surface area contributed by atoms with E-state index >= 15 is 0 Å². The summed E-state index contributed by atoms with van der Waals surface area (Å²) in [6.07, 6.45) is 8.80. The quantitative estimate of drug-likeness (QED) is 0.608. The van der Waals surface area contributed by atoms with Gasteiger partial charge in [0.1, 0.15) is 30.5 Å². The zero-order valence-corrected chi connectivity index (χ0v) is 17.6. The molecule has 5 nitrogen and oxygen atoms in total. The molecule has 158 valence electrons. The fourth-order valence-electron chi connectivity index (χ4n) is 3.74. The third-order valence-electron chi connectivity index (χ3n) is 5.49. The van der Waals surface area contributed by atoms with Gasteiger partial charge in [0, 0.05) is 25.0 Å². The molecule has 1 saturated heterocycles. The van der Waals surface area contributed by atoms with Crippen molar-refractivity contribution in [2.45, 2.75) is 19.4 Å². The summed E-state index contributed by atoms with van der Waals surface area (Å²) in [6.45, 7) is 5.49. The first-order valence-corrected chi connectivity index (χ1v) is 10.7. The summed E-state index contributed by atoms with van der Waals surface area (Å²) in [7, 11) is 1.67. The fraction of sp³-hybridized carbons (Fsp3) is 0.360. The van der Waals surface area contributed by atoms with E-state index in [1.807, 2.05) is 42.5 Å². The molecule has 4 rings (SSSR count). The number of allylic oxidation sites excluding steroid dienone is 1. The van der Waals surface area contributed by atoms with Crippen LogP contribution in [0.2, 0.25) is 0 Å². The van der Waals surface area contributed by atoms with Crippen LogP contribution in [0.4, 0.5) is 5.69 Å². The summed E-state index contributed by atoms with van der Waals surface area (Å²) >= 11 is 0. The van der Waals surface area contributed by atoms with Crippen molar-refractivity contribution in [2.75, 3.05) is 44.8 Å². The number of benzene rings is 2. The lowest BCUT2D eigenvalue weighted by atomic mass is 10.2. The molecule has 2 aliphatic heterocycles. The molecule has 2 heterocycles. The van der Waals surface area contributed by atoms with Crippen LogP contribution in [0.3, 0.4) is 0 Å². The van der Waals surface area contributed by atoms with E-state index in [2.05, 4.69) is 34.2 Å². The first-order chi connectivity index (χ1) is 14.8. The van der Waals surface area contributed by atoms with Crippen molar-refractivity contribution in [1.29, 1.82) is 0 Å². The van der Waals surface area contributed by atoms with Crippen molar-refractivity contribution in [3.05, 3.63) is 78.2 Å². The lowest BCUT2D eigenvalue weighted by molar-refractivity contribution is 0.209. The van der Waals surface area contributed by atoms with Gasteiger partial charge >= 0.3 is 0 Å². The molecule has 30 heavy (non-hydrogen) atoms.